The second kappa shape index (κ2) is 5.16. The first-order valence-electron chi connectivity index (χ1n) is 6.46. The summed E-state index contributed by atoms with van der Waals surface area (Å²) in [6.45, 7) is 0. The Balaban J connectivity index is 2.07. The number of hydrogen-bond donors (Lipinski definition) is 1. The van der Waals surface area contributed by atoms with Crippen LogP contribution in [-0.2, 0) is 0 Å². The molecule has 19 heavy (non-hydrogen) atoms. The number of benzene rings is 2. The van der Waals surface area contributed by atoms with Crippen molar-refractivity contribution >= 4 is 23.2 Å². The molecule has 0 saturated carbocycles. The zero-order valence-electron chi connectivity index (χ0n) is 10.4. The first kappa shape index (κ1) is 13.0. The summed E-state index contributed by atoms with van der Waals surface area (Å²) in [7, 11) is 0. The third-order valence-corrected chi connectivity index (χ3v) is 4.62. The van der Waals surface area contributed by atoms with Gasteiger partial charge >= 0.3 is 0 Å². The van der Waals surface area contributed by atoms with Gasteiger partial charge in [-0.2, -0.15) is 0 Å². The van der Waals surface area contributed by atoms with Crippen LogP contribution in [0.3, 0.4) is 0 Å². The maximum absolute atomic E-state index is 6.19. The van der Waals surface area contributed by atoms with Crippen molar-refractivity contribution in [3.63, 3.8) is 0 Å². The minimum atomic E-state index is 0.148. The third kappa shape index (κ3) is 2.38. The molecule has 0 saturated heterocycles. The number of halogens is 2. The van der Waals surface area contributed by atoms with E-state index in [1.54, 1.807) is 0 Å². The first-order valence-corrected chi connectivity index (χ1v) is 7.22. The van der Waals surface area contributed by atoms with E-state index in [4.69, 9.17) is 28.9 Å². The SMILES string of the molecule is N[C@@H]1CCC(c2ccc(Cl)c(Cl)c2)c2ccccc21. The molecule has 2 atom stereocenters. The van der Waals surface area contributed by atoms with Crippen molar-refractivity contribution in [3.8, 4) is 0 Å². The van der Waals surface area contributed by atoms with Crippen molar-refractivity contribution in [2.24, 2.45) is 5.73 Å². The van der Waals surface area contributed by atoms with Crippen LogP contribution in [0.2, 0.25) is 10.0 Å². The Morgan fingerprint density at radius 2 is 1.63 bits per heavy atom. The summed E-state index contributed by atoms with van der Waals surface area (Å²) in [6, 6.07) is 14.5. The highest BCUT2D eigenvalue weighted by Gasteiger charge is 2.26. The number of fused-ring (bicyclic) bond motifs is 1. The molecule has 1 unspecified atom stereocenters. The average molecular weight is 292 g/mol. The predicted molar refractivity (Wildman–Crippen MR) is 80.9 cm³/mol. The summed E-state index contributed by atoms with van der Waals surface area (Å²) < 4.78 is 0. The molecule has 2 aromatic carbocycles. The minimum Gasteiger partial charge on any atom is -0.324 e. The molecule has 1 nitrogen and oxygen atoms in total. The van der Waals surface area contributed by atoms with Crippen molar-refractivity contribution in [2.75, 3.05) is 0 Å². The van der Waals surface area contributed by atoms with Gasteiger partial charge in [-0.15, -0.1) is 0 Å². The summed E-state index contributed by atoms with van der Waals surface area (Å²) in [5.74, 6) is 0.366. The van der Waals surface area contributed by atoms with Crippen LogP contribution in [0.25, 0.3) is 0 Å². The molecule has 0 aliphatic heterocycles. The van der Waals surface area contributed by atoms with Gasteiger partial charge in [0.2, 0.25) is 0 Å². The fraction of sp³-hybridized carbons (Fsp3) is 0.250. The molecule has 0 heterocycles. The molecule has 0 bridgehead atoms. The molecule has 0 fully saturated rings. The lowest BCUT2D eigenvalue weighted by molar-refractivity contribution is 0.530. The van der Waals surface area contributed by atoms with Crippen molar-refractivity contribution in [2.45, 2.75) is 24.8 Å². The zero-order chi connectivity index (χ0) is 13.4. The van der Waals surface area contributed by atoms with Crippen LogP contribution >= 0.6 is 23.2 Å². The predicted octanol–water partition coefficient (Wildman–Crippen LogP) is 4.92. The van der Waals surface area contributed by atoms with E-state index in [9.17, 15) is 0 Å². The molecule has 2 N–H and O–H groups in total. The molecular formula is C16H15Cl2N. The molecule has 3 heteroatoms. The van der Waals surface area contributed by atoms with Gasteiger partial charge in [-0.1, -0.05) is 53.5 Å². The Morgan fingerprint density at radius 3 is 2.37 bits per heavy atom. The molecule has 98 valence electrons. The van der Waals surface area contributed by atoms with Crippen LogP contribution in [-0.4, -0.2) is 0 Å². The summed E-state index contributed by atoms with van der Waals surface area (Å²) in [6.07, 6.45) is 2.05. The van der Waals surface area contributed by atoms with Crippen LogP contribution in [0.15, 0.2) is 42.5 Å². The highest BCUT2D eigenvalue weighted by molar-refractivity contribution is 6.42. The lowest BCUT2D eigenvalue weighted by Crippen LogP contribution is -2.20. The van der Waals surface area contributed by atoms with Crippen LogP contribution in [0.5, 0.6) is 0 Å². The Labute approximate surface area is 123 Å². The van der Waals surface area contributed by atoms with Crippen molar-refractivity contribution in [1.29, 1.82) is 0 Å². The van der Waals surface area contributed by atoms with E-state index in [-0.39, 0.29) is 6.04 Å². The Morgan fingerprint density at radius 1 is 0.895 bits per heavy atom. The van der Waals surface area contributed by atoms with E-state index < -0.39 is 0 Å². The Hall–Kier alpha value is -1.02. The maximum atomic E-state index is 6.19. The van der Waals surface area contributed by atoms with Gasteiger partial charge in [0.05, 0.1) is 10.0 Å². The smallest absolute Gasteiger partial charge is 0.0595 e. The summed E-state index contributed by atoms with van der Waals surface area (Å²) >= 11 is 12.1. The van der Waals surface area contributed by atoms with E-state index >= 15 is 0 Å². The van der Waals surface area contributed by atoms with Crippen LogP contribution in [0, 0.1) is 0 Å². The van der Waals surface area contributed by atoms with Crippen LogP contribution < -0.4 is 5.73 Å². The fourth-order valence-corrected chi connectivity index (χ4v) is 3.21. The molecule has 2 aromatic rings. The van der Waals surface area contributed by atoms with Gasteiger partial charge in [-0.25, -0.2) is 0 Å². The third-order valence-electron chi connectivity index (χ3n) is 3.88. The molecule has 1 aliphatic rings. The van der Waals surface area contributed by atoms with Crippen LogP contribution in [0.4, 0.5) is 0 Å². The molecule has 0 aromatic heterocycles. The maximum Gasteiger partial charge on any atom is 0.0595 e. The van der Waals surface area contributed by atoms with Gasteiger partial charge < -0.3 is 5.73 Å². The van der Waals surface area contributed by atoms with Gasteiger partial charge in [-0.05, 0) is 41.7 Å². The summed E-state index contributed by atoms with van der Waals surface area (Å²) in [4.78, 5) is 0. The number of nitrogens with two attached hydrogens (primary N) is 1. The van der Waals surface area contributed by atoms with E-state index in [0.717, 1.165) is 12.8 Å². The highest BCUT2D eigenvalue weighted by Crippen LogP contribution is 2.41. The second-order valence-electron chi connectivity index (χ2n) is 5.04. The minimum absolute atomic E-state index is 0.148. The number of hydrogen-bond acceptors (Lipinski definition) is 1. The van der Waals surface area contributed by atoms with E-state index in [1.165, 1.54) is 16.7 Å². The second-order valence-corrected chi connectivity index (χ2v) is 5.85. The standard InChI is InChI=1S/C16H15Cl2N/c17-14-7-5-10(9-15(14)18)11-6-8-16(19)13-4-2-1-3-12(11)13/h1-5,7,9,11,16H,6,8,19H2/t11?,16-/m1/s1. The van der Waals surface area contributed by atoms with Gasteiger partial charge in [0.25, 0.3) is 0 Å². The molecule has 0 amide bonds. The lowest BCUT2D eigenvalue weighted by atomic mass is 9.77. The zero-order valence-corrected chi connectivity index (χ0v) is 12.0. The van der Waals surface area contributed by atoms with Crippen molar-refractivity contribution in [3.05, 3.63) is 69.2 Å². The van der Waals surface area contributed by atoms with Gasteiger partial charge in [0.1, 0.15) is 0 Å². The highest BCUT2D eigenvalue weighted by atomic mass is 35.5. The van der Waals surface area contributed by atoms with Crippen molar-refractivity contribution in [1.82, 2.24) is 0 Å². The largest absolute Gasteiger partial charge is 0.324 e. The molecule has 0 spiro atoms. The summed E-state index contributed by atoms with van der Waals surface area (Å²) in [5, 5.41) is 1.22. The van der Waals surface area contributed by atoms with Gasteiger partial charge in [0.15, 0.2) is 0 Å². The Kier molecular flexibility index (Phi) is 3.53. The fourth-order valence-electron chi connectivity index (χ4n) is 2.90. The number of rotatable bonds is 1. The molecule has 0 radical (unpaired) electrons. The Bertz CT molecular complexity index is 609. The van der Waals surface area contributed by atoms with Gasteiger partial charge in [0, 0.05) is 12.0 Å². The quantitative estimate of drug-likeness (QED) is 0.793. The molecule has 3 rings (SSSR count). The summed E-state index contributed by atoms with van der Waals surface area (Å²) in [5.41, 5.74) is 9.98. The average Bonchev–Trinajstić information content (AvgIpc) is 2.43. The van der Waals surface area contributed by atoms with E-state index in [0.29, 0.717) is 16.0 Å². The van der Waals surface area contributed by atoms with E-state index in [2.05, 4.69) is 30.3 Å². The lowest BCUT2D eigenvalue weighted by Gasteiger charge is -2.30. The monoisotopic (exact) mass is 291 g/mol. The first-order chi connectivity index (χ1) is 9.16. The molecular weight excluding hydrogens is 277 g/mol. The van der Waals surface area contributed by atoms with Crippen molar-refractivity contribution < 1.29 is 0 Å². The van der Waals surface area contributed by atoms with Crippen LogP contribution in [0.1, 0.15) is 41.5 Å². The molecule has 1 aliphatic carbocycles. The van der Waals surface area contributed by atoms with Gasteiger partial charge in [-0.3, -0.25) is 0 Å². The normalized spacial score (nSPS) is 22.1. The van der Waals surface area contributed by atoms with E-state index in [1.807, 2.05) is 12.1 Å². The topological polar surface area (TPSA) is 26.0 Å².